The summed E-state index contributed by atoms with van der Waals surface area (Å²) in [6, 6.07) is 3.97. The fourth-order valence-electron chi connectivity index (χ4n) is 2.26. The molecule has 0 fully saturated rings. The van der Waals surface area contributed by atoms with Gasteiger partial charge in [-0.3, -0.25) is 10.4 Å². The molecule has 0 amide bonds. The monoisotopic (exact) mass is 370 g/mol. The highest BCUT2D eigenvalue weighted by molar-refractivity contribution is 9.10. The van der Waals surface area contributed by atoms with E-state index in [2.05, 4.69) is 58.4 Å². The Labute approximate surface area is 135 Å². The lowest BCUT2D eigenvalue weighted by molar-refractivity contribution is 0.229. The molecular formula is C14H23BrN4OSi. The maximum Gasteiger partial charge on any atom is 0.0993 e. The number of nitrogens with zero attached hydrogens (tertiary/aromatic N) is 2. The molecule has 1 aromatic heterocycles. The molecule has 0 aliphatic carbocycles. The van der Waals surface area contributed by atoms with Gasteiger partial charge in [-0.05, 0) is 34.5 Å². The average molecular weight is 371 g/mol. The molecule has 0 aromatic carbocycles. The SMILES string of the molecule is CCc1nc(C2=C(CO)N(C[Si](C)(C)C)NN2)ccc1Br. The number of aryl methyl sites for hydroxylation is 1. The molecule has 0 saturated carbocycles. The van der Waals surface area contributed by atoms with E-state index in [-0.39, 0.29) is 6.61 Å². The van der Waals surface area contributed by atoms with Gasteiger partial charge in [0.15, 0.2) is 0 Å². The molecule has 0 spiro atoms. The Balaban J connectivity index is 2.35. The number of aliphatic hydroxyl groups excluding tert-OH is 1. The number of hydrazine groups is 2. The summed E-state index contributed by atoms with van der Waals surface area (Å²) >= 11 is 3.51. The van der Waals surface area contributed by atoms with Crippen molar-refractivity contribution in [3.05, 3.63) is 33.7 Å². The summed E-state index contributed by atoms with van der Waals surface area (Å²) in [6.45, 7) is 8.97. The van der Waals surface area contributed by atoms with Crippen molar-refractivity contribution >= 4 is 29.7 Å². The van der Waals surface area contributed by atoms with Crippen molar-refractivity contribution in [2.45, 2.75) is 33.0 Å². The van der Waals surface area contributed by atoms with Crippen LogP contribution in [-0.2, 0) is 6.42 Å². The van der Waals surface area contributed by atoms with Crippen LogP contribution in [0.3, 0.4) is 0 Å². The van der Waals surface area contributed by atoms with Crippen LogP contribution < -0.4 is 11.0 Å². The number of hydrogen-bond donors (Lipinski definition) is 3. The first-order valence-corrected chi connectivity index (χ1v) is 11.6. The lowest BCUT2D eigenvalue weighted by Gasteiger charge is -2.27. The van der Waals surface area contributed by atoms with E-state index in [9.17, 15) is 5.11 Å². The molecule has 116 valence electrons. The van der Waals surface area contributed by atoms with Crippen molar-refractivity contribution in [3.8, 4) is 0 Å². The van der Waals surface area contributed by atoms with Crippen molar-refractivity contribution in [1.82, 2.24) is 21.0 Å². The van der Waals surface area contributed by atoms with Crippen molar-refractivity contribution < 1.29 is 5.11 Å². The second kappa shape index (κ2) is 6.47. The van der Waals surface area contributed by atoms with Crippen LogP contribution >= 0.6 is 15.9 Å². The minimum atomic E-state index is -1.29. The van der Waals surface area contributed by atoms with Crippen LogP contribution in [0.25, 0.3) is 5.70 Å². The highest BCUT2D eigenvalue weighted by Gasteiger charge is 2.27. The second-order valence-electron chi connectivity index (χ2n) is 6.34. The van der Waals surface area contributed by atoms with Gasteiger partial charge in [0.25, 0.3) is 0 Å². The van der Waals surface area contributed by atoms with Gasteiger partial charge in [-0.1, -0.05) is 26.6 Å². The number of aliphatic hydroxyl groups is 1. The Morgan fingerprint density at radius 1 is 1.33 bits per heavy atom. The molecule has 1 aliphatic heterocycles. The predicted octanol–water partition coefficient (Wildman–Crippen LogP) is 2.27. The number of aromatic nitrogens is 1. The number of halogens is 1. The third kappa shape index (κ3) is 3.85. The molecule has 0 unspecified atom stereocenters. The molecule has 0 bridgehead atoms. The molecule has 0 atom stereocenters. The van der Waals surface area contributed by atoms with E-state index >= 15 is 0 Å². The lowest BCUT2D eigenvalue weighted by atomic mass is 10.2. The zero-order valence-electron chi connectivity index (χ0n) is 13.0. The summed E-state index contributed by atoms with van der Waals surface area (Å²) in [6.07, 6.45) is 1.79. The fourth-order valence-corrected chi connectivity index (χ4v) is 3.97. The van der Waals surface area contributed by atoms with Gasteiger partial charge in [0.2, 0.25) is 0 Å². The largest absolute Gasteiger partial charge is 0.390 e. The quantitative estimate of drug-likeness (QED) is 0.694. The van der Waals surface area contributed by atoms with Gasteiger partial charge >= 0.3 is 0 Å². The zero-order chi connectivity index (χ0) is 15.6. The Kier molecular flexibility index (Phi) is 5.08. The minimum Gasteiger partial charge on any atom is -0.390 e. The van der Waals surface area contributed by atoms with Crippen LogP contribution in [0.4, 0.5) is 0 Å². The van der Waals surface area contributed by atoms with Gasteiger partial charge in [0.1, 0.15) is 0 Å². The third-order valence-electron chi connectivity index (χ3n) is 3.22. The maximum absolute atomic E-state index is 9.74. The van der Waals surface area contributed by atoms with E-state index in [0.717, 1.165) is 39.8 Å². The summed E-state index contributed by atoms with van der Waals surface area (Å²) < 4.78 is 1.02. The lowest BCUT2D eigenvalue weighted by Crippen LogP contribution is -2.47. The van der Waals surface area contributed by atoms with Gasteiger partial charge in [-0.15, -0.1) is 5.53 Å². The van der Waals surface area contributed by atoms with Crippen molar-refractivity contribution in [2.75, 3.05) is 12.8 Å². The standard InChI is InChI=1S/C14H23BrN4OSi/c1-5-11-10(15)6-7-12(16-11)14-13(8-20)19(18-17-14)9-21(2,3)4/h6-7,17-18,20H,5,8-9H2,1-4H3. The zero-order valence-corrected chi connectivity index (χ0v) is 15.6. The molecule has 1 aliphatic rings. The Hall–Kier alpha value is -0.893. The summed E-state index contributed by atoms with van der Waals surface area (Å²) in [4.78, 5) is 4.67. The molecular weight excluding hydrogens is 348 g/mol. The van der Waals surface area contributed by atoms with Gasteiger partial charge < -0.3 is 5.11 Å². The highest BCUT2D eigenvalue weighted by Crippen LogP contribution is 2.24. The number of rotatable bonds is 5. The van der Waals surface area contributed by atoms with Gasteiger partial charge in [-0.2, -0.15) is 0 Å². The molecule has 2 rings (SSSR count). The second-order valence-corrected chi connectivity index (χ2v) is 12.6. The summed E-state index contributed by atoms with van der Waals surface area (Å²) in [7, 11) is -1.29. The molecule has 5 nitrogen and oxygen atoms in total. The Morgan fingerprint density at radius 2 is 2.05 bits per heavy atom. The van der Waals surface area contributed by atoms with Crippen molar-refractivity contribution in [1.29, 1.82) is 0 Å². The van der Waals surface area contributed by atoms with E-state index in [1.54, 1.807) is 0 Å². The van der Waals surface area contributed by atoms with E-state index in [0.29, 0.717) is 0 Å². The van der Waals surface area contributed by atoms with Crippen molar-refractivity contribution in [2.24, 2.45) is 0 Å². The first kappa shape index (κ1) is 16.5. The fraction of sp³-hybridized carbons (Fsp3) is 0.500. The summed E-state index contributed by atoms with van der Waals surface area (Å²) in [5.41, 5.74) is 9.89. The normalized spacial score (nSPS) is 15.6. The first-order valence-electron chi connectivity index (χ1n) is 7.14. The summed E-state index contributed by atoms with van der Waals surface area (Å²) in [5, 5.41) is 11.8. The molecule has 2 heterocycles. The summed E-state index contributed by atoms with van der Waals surface area (Å²) in [5.74, 6) is 0. The topological polar surface area (TPSA) is 60.4 Å². The smallest absolute Gasteiger partial charge is 0.0993 e. The molecule has 1 aromatic rings. The molecule has 0 saturated heterocycles. The highest BCUT2D eigenvalue weighted by atomic mass is 79.9. The predicted molar refractivity (Wildman–Crippen MR) is 91.6 cm³/mol. The van der Waals surface area contributed by atoms with Gasteiger partial charge in [0.05, 0.1) is 37.5 Å². The van der Waals surface area contributed by atoms with Crippen LogP contribution in [0.15, 0.2) is 22.3 Å². The van der Waals surface area contributed by atoms with E-state index in [1.807, 2.05) is 17.1 Å². The van der Waals surface area contributed by atoms with Crippen LogP contribution in [0, 0.1) is 0 Å². The van der Waals surface area contributed by atoms with E-state index < -0.39 is 8.07 Å². The van der Waals surface area contributed by atoms with E-state index in [1.165, 1.54) is 0 Å². The maximum atomic E-state index is 9.74. The number of pyridine rings is 1. The van der Waals surface area contributed by atoms with Crippen LogP contribution in [0.2, 0.25) is 19.6 Å². The van der Waals surface area contributed by atoms with Gasteiger partial charge in [0, 0.05) is 10.6 Å². The van der Waals surface area contributed by atoms with Crippen LogP contribution in [0.1, 0.15) is 18.3 Å². The third-order valence-corrected chi connectivity index (χ3v) is 5.21. The average Bonchev–Trinajstić information content (AvgIpc) is 2.79. The van der Waals surface area contributed by atoms with Crippen molar-refractivity contribution in [3.63, 3.8) is 0 Å². The molecule has 3 N–H and O–H groups in total. The Morgan fingerprint density at radius 3 is 2.62 bits per heavy atom. The first-order chi connectivity index (χ1) is 9.85. The number of hydrogen-bond acceptors (Lipinski definition) is 5. The molecule has 21 heavy (non-hydrogen) atoms. The number of nitrogens with one attached hydrogen (secondary N) is 2. The van der Waals surface area contributed by atoms with Crippen LogP contribution in [0.5, 0.6) is 0 Å². The molecule has 0 radical (unpaired) electrons. The van der Waals surface area contributed by atoms with E-state index in [4.69, 9.17) is 0 Å². The molecule has 7 heteroatoms. The van der Waals surface area contributed by atoms with Gasteiger partial charge in [-0.25, -0.2) is 4.98 Å². The van der Waals surface area contributed by atoms with Crippen LogP contribution in [-0.4, -0.2) is 35.9 Å². The Bertz CT molecular complexity index is 556. The minimum absolute atomic E-state index is 0.0149.